The number of rotatable bonds is 5. The zero-order chi connectivity index (χ0) is 12.0. The lowest BCUT2D eigenvalue weighted by Gasteiger charge is -2.07. The van der Waals surface area contributed by atoms with Crippen LogP contribution in [0.25, 0.3) is 0 Å². The van der Waals surface area contributed by atoms with Gasteiger partial charge in [-0.3, -0.25) is 0 Å². The maximum atomic E-state index is 5.33. The van der Waals surface area contributed by atoms with Gasteiger partial charge in [-0.05, 0) is 38.3 Å². The zero-order valence-corrected chi connectivity index (χ0v) is 12.1. The Bertz CT molecular complexity index is 374. The summed E-state index contributed by atoms with van der Waals surface area (Å²) in [5.74, 6) is 0. The highest BCUT2D eigenvalue weighted by Gasteiger charge is 2.01. The van der Waals surface area contributed by atoms with Crippen molar-refractivity contribution in [2.75, 3.05) is 6.23 Å². The molecule has 3 heteroatoms. The largest absolute Gasteiger partial charge is 0.400 e. The Kier molecular flexibility index (Phi) is 5.26. The Morgan fingerprint density at radius 3 is 2.81 bits per heavy atom. The maximum absolute atomic E-state index is 5.33. The van der Waals surface area contributed by atoms with Gasteiger partial charge >= 0.3 is 0 Å². The standard InChI is InChI=1S/C13H21NOSi/c1-5-11(3)14-15-9-16-13-8-6-7-10(2)12(13)4/h6-8H,5,9,16H2,1-4H3. The van der Waals surface area contributed by atoms with Crippen LogP contribution in [0.3, 0.4) is 0 Å². The number of aryl methyl sites for hydroxylation is 1. The predicted molar refractivity (Wildman–Crippen MR) is 73.4 cm³/mol. The second-order valence-corrected chi connectivity index (χ2v) is 5.79. The lowest BCUT2D eigenvalue weighted by molar-refractivity contribution is 0.190. The van der Waals surface area contributed by atoms with Crippen molar-refractivity contribution in [1.82, 2.24) is 0 Å². The molecule has 1 rings (SSSR count). The predicted octanol–water partition coefficient (Wildman–Crippen LogP) is 1.86. The molecule has 0 atom stereocenters. The first-order chi connectivity index (χ1) is 7.65. The second-order valence-electron chi connectivity index (χ2n) is 4.12. The van der Waals surface area contributed by atoms with E-state index in [0.717, 1.165) is 18.4 Å². The number of hydrogen-bond donors (Lipinski definition) is 0. The summed E-state index contributed by atoms with van der Waals surface area (Å²) in [5, 5.41) is 5.55. The lowest BCUT2D eigenvalue weighted by atomic mass is 10.1. The Balaban J connectivity index is 2.46. The van der Waals surface area contributed by atoms with Crippen LogP contribution >= 0.6 is 0 Å². The van der Waals surface area contributed by atoms with E-state index in [9.17, 15) is 0 Å². The van der Waals surface area contributed by atoms with E-state index in [4.69, 9.17) is 4.84 Å². The molecule has 0 fully saturated rings. The molecule has 16 heavy (non-hydrogen) atoms. The van der Waals surface area contributed by atoms with E-state index in [0.29, 0.717) is 0 Å². The topological polar surface area (TPSA) is 21.6 Å². The van der Waals surface area contributed by atoms with Gasteiger partial charge in [-0.1, -0.05) is 35.5 Å². The zero-order valence-electron chi connectivity index (χ0n) is 10.7. The molecule has 2 nitrogen and oxygen atoms in total. The summed E-state index contributed by atoms with van der Waals surface area (Å²) in [4.78, 5) is 5.33. The summed E-state index contributed by atoms with van der Waals surface area (Å²) in [6.07, 6.45) is 1.76. The molecule has 88 valence electrons. The van der Waals surface area contributed by atoms with E-state index in [1.165, 1.54) is 16.3 Å². The first kappa shape index (κ1) is 13.0. The van der Waals surface area contributed by atoms with Crippen molar-refractivity contribution in [3.05, 3.63) is 29.3 Å². The smallest absolute Gasteiger partial charge is 0.103 e. The summed E-state index contributed by atoms with van der Waals surface area (Å²) in [7, 11) is -0.342. The molecule has 0 saturated carbocycles. The van der Waals surface area contributed by atoms with E-state index in [-0.39, 0.29) is 9.52 Å². The molecule has 0 spiro atoms. The van der Waals surface area contributed by atoms with Crippen molar-refractivity contribution in [2.24, 2.45) is 5.16 Å². The number of oxime groups is 1. The summed E-state index contributed by atoms with van der Waals surface area (Å²) in [6, 6.07) is 6.51. The average molecular weight is 235 g/mol. The van der Waals surface area contributed by atoms with Crippen molar-refractivity contribution >= 4 is 20.4 Å². The van der Waals surface area contributed by atoms with Crippen molar-refractivity contribution in [3.63, 3.8) is 0 Å². The van der Waals surface area contributed by atoms with Gasteiger partial charge in [0.1, 0.15) is 15.7 Å². The molecule has 0 aliphatic rings. The quantitative estimate of drug-likeness (QED) is 0.330. The Labute approximate surface area is 101 Å². The van der Waals surface area contributed by atoms with Crippen LogP contribution in [-0.4, -0.2) is 21.5 Å². The van der Waals surface area contributed by atoms with Crippen LogP contribution in [0, 0.1) is 13.8 Å². The third-order valence-corrected chi connectivity index (χ3v) is 4.60. The van der Waals surface area contributed by atoms with Gasteiger partial charge in [0, 0.05) is 0 Å². The molecule has 0 amide bonds. The van der Waals surface area contributed by atoms with Crippen LogP contribution in [0.1, 0.15) is 31.4 Å². The van der Waals surface area contributed by atoms with Gasteiger partial charge in [-0.25, -0.2) is 0 Å². The third-order valence-electron chi connectivity index (χ3n) is 2.91. The van der Waals surface area contributed by atoms with Crippen molar-refractivity contribution in [3.8, 4) is 0 Å². The minimum atomic E-state index is -0.342. The van der Waals surface area contributed by atoms with E-state index in [1.807, 2.05) is 6.92 Å². The molecule has 0 unspecified atom stereocenters. The first-order valence-corrected chi connectivity index (χ1v) is 7.56. The van der Waals surface area contributed by atoms with Gasteiger partial charge in [-0.2, -0.15) is 0 Å². The van der Waals surface area contributed by atoms with Gasteiger partial charge in [0.15, 0.2) is 0 Å². The Morgan fingerprint density at radius 2 is 2.12 bits per heavy atom. The van der Waals surface area contributed by atoms with E-state index in [2.05, 4.69) is 44.1 Å². The van der Waals surface area contributed by atoms with Gasteiger partial charge in [0.2, 0.25) is 0 Å². The molecular formula is C13H21NOSi. The fraction of sp³-hybridized carbons (Fsp3) is 0.462. The number of hydrogen-bond acceptors (Lipinski definition) is 2. The van der Waals surface area contributed by atoms with Crippen LogP contribution in [-0.2, 0) is 4.84 Å². The molecule has 0 saturated heterocycles. The molecule has 0 aliphatic carbocycles. The van der Waals surface area contributed by atoms with E-state index in [1.54, 1.807) is 0 Å². The molecule has 0 radical (unpaired) electrons. The fourth-order valence-electron chi connectivity index (χ4n) is 1.46. The van der Waals surface area contributed by atoms with E-state index < -0.39 is 0 Å². The maximum Gasteiger partial charge on any atom is 0.103 e. The second kappa shape index (κ2) is 6.48. The summed E-state index contributed by atoms with van der Waals surface area (Å²) < 4.78 is 0. The molecule has 0 heterocycles. The van der Waals surface area contributed by atoms with Crippen LogP contribution in [0.4, 0.5) is 0 Å². The third kappa shape index (κ3) is 3.81. The van der Waals surface area contributed by atoms with Crippen LogP contribution < -0.4 is 5.19 Å². The minimum absolute atomic E-state index is 0.342. The Morgan fingerprint density at radius 1 is 1.38 bits per heavy atom. The molecule has 0 aliphatic heterocycles. The molecule has 1 aromatic rings. The van der Waals surface area contributed by atoms with E-state index >= 15 is 0 Å². The highest BCUT2D eigenvalue weighted by molar-refractivity contribution is 6.53. The van der Waals surface area contributed by atoms with Crippen molar-refractivity contribution < 1.29 is 4.84 Å². The van der Waals surface area contributed by atoms with Gasteiger partial charge in [0.25, 0.3) is 0 Å². The molecule has 0 bridgehead atoms. The van der Waals surface area contributed by atoms with Gasteiger partial charge in [0.05, 0.1) is 5.71 Å². The summed E-state index contributed by atoms with van der Waals surface area (Å²) >= 11 is 0. The van der Waals surface area contributed by atoms with Gasteiger partial charge < -0.3 is 4.84 Å². The number of benzene rings is 1. The van der Waals surface area contributed by atoms with Crippen molar-refractivity contribution in [1.29, 1.82) is 0 Å². The molecule has 0 N–H and O–H groups in total. The van der Waals surface area contributed by atoms with Crippen LogP contribution in [0.15, 0.2) is 23.4 Å². The average Bonchev–Trinajstić information content (AvgIpc) is 2.29. The summed E-state index contributed by atoms with van der Waals surface area (Å²) in [5.41, 5.74) is 3.86. The minimum Gasteiger partial charge on any atom is -0.400 e. The molecule has 0 aromatic heterocycles. The summed E-state index contributed by atoms with van der Waals surface area (Å²) in [6.45, 7) is 8.44. The highest BCUT2D eigenvalue weighted by atomic mass is 28.2. The normalized spacial score (nSPS) is 12.4. The fourth-order valence-corrected chi connectivity index (χ4v) is 2.82. The number of nitrogens with zero attached hydrogens (tertiary/aromatic N) is 1. The lowest BCUT2D eigenvalue weighted by Crippen LogP contribution is -2.22. The monoisotopic (exact) mass is 235 g/mol. The van der Waals surface area contributed by atoms with Crippen LogP contribution in [0.2, 0.25) is 0 Å². The Hall–Kier alpha value is -1.09. The van der Waals surface area contributed by atoms with Crippen LogP contribution in [0.5, 0.6) is 0 Å². The van der Waals surface area contributed by atoms with Crippen molar-refractivity contribution in [2.45, 2.75) is 34.1 Å². The molecule has 1 aromatic carbocycles. The highest BCUT2D eigenvalue weighted by Crippen LogP contribution is 2.01. The SMILES string of the molecule is CCC(C)=NOC[SiH2]c1cccc(C)c1C. The molecular weight excluding hydrogens is 214 g/mol. The van der Waals surface area contributed by atoms with Gasteiger partial charge in [-0.15, -0.1) is 0 Å². The first-order valence-electron chi connectivity index (χ1n) is 5.85.